The minimum absolute atomic E-state index is 0.0502. The summed E-state index contributed by atoms with van der Waals surface area (Å²) in [4.78, 5) is 4.50. The number of aliphatic imine (C=N–C) groups is 1. The van der Waals surface area contributed by atoms with Crippen LogP contribution >= 0.6 is 0 Å². The van der Waals surface area contributed by atoms with E-state index in [1.54, 1.807) is 0 Å². The lowest BCUT2D eigenvalue weighted by molar-refractivity contribution is 0.115. The molecule has 0 saturated heterocycles. The molecule has 10 nitrogen and oxygen atoms in total. The average Bonchev–Trinajstić information content (AvgIpc) is 3.22. The summed E-state index contributed by atoms with van der Waals surface area (Å²) in [6.07, 6.45) is 11.8. The molecule has 36 heavy (non-hydrogen) atoms. The minimum Gasteiger partial charge on any atom is -0.377 e. The molecule has 0 spiro atoms. The van der Waals surface area contributed by atoms with Crippen molar-refractivity contribution in [2.45, 2.75) is 70.7 Å². The molecule has 1 unspecified atom stereocenters. The number of nitrogens with zero attached hydrogens (tertiary/aromatic N) is 3. The van der Waals surface area contributed by atoms with E-state index in [-0.39, 0.29) is 12.0 Å². The number of nitrogens with one attached hydrogen (secondary N) is 4. The highest BCUT2D eigenvalue weighted by atomic mass is 16.5. The first kappa shape index (κ1) is 27.5. The van der Waals surface area contributed by atoms with Crippen molar-refractivity contribution in [2.24, 2.45) is 16.5 Å². The van der Waals surface area contributed by atoms with Crippen molar-refractivity contribution in [2.75, 3.05) is 26.2 Å². The summed E-state index contributed by atoms with van der Waals surface area (Å²) in [5.74, 6) is 0.962. The van der Waals surface area contributed by atoms with Gasteiger partial charge in [-0.05, 0) is 24.8 Å². The van der Waals surface area contributed by atoms with Crippen molar-refractivity contribution in [3.8, 4) is 0 Å². The molecular formula is C26H43N9O. The molecule has 0 aliphatic carbocycles. The molecule has 198 valence electrons. The standard InChI is InChI=1S/C26H43N9O/c27-23-18-32-24(33-19-23)22-10-8-21(9-11-22)20-36-17-7-14-35-16-15-34(26(35)30)13-6-4-2-1-3-5-12-31-25(28)29/h8-11,15-16,23,30H,1-7,12-14,17-20,27H2,(H,32,33)(H4,28,29,31). The fourth-order valence-corrected chi connectivity index (χ4v) is 4.20. The van der Waals surface area contributed by atoms with E-state index in [9.17, 15) is 0 Å². The first-order valence-corrected chi connectivity index (χ1v) is 13.1. The molecule has 8 N–H and O–H groups in total. The van der Waals surface area contributed by atoms with Crippen LogP contribution in [0.5, 0.6) is 0 Å². The number of unbranched alkanes of at least 4 members (excludes halogenated alkanes) is 5. The Balaban J connectivity index is 1.25. The van der Waals surface area contributed by atoms with Crippen LogP contribution in [0.25, 0.3) is 0 Å². The summed E-state index contributed by atoms with van der Waals surface area (Å²) in [6, 6.07) is 8.40. The van der Waals surface area contributed by atoms with Gasteiger partial charge >= 0.3 is 0 Å². The summed E-state index contributed by atoms with van der Waals surface area (Å²) in [7, 11) is 0. The second-order valence-corrected chi connectivity index (χ2v) is 9.40. The van der Waals surface area contributed by atoms with Crippen LogP contribution in [-0.4, -0.2) is 53.2 Å². The van der Waals surface area contributed by atoms with E-state index in [0.717, 1.165) is 68.8 Å². The summed E-state index contributed by atoms with van der Waals surface area (Å²) in [6.45, 7) is 5.12. The largest absolute Gasteiger partial charge is 0.377 e. The smallest absolute Gasteiger partial charge is 0.202 e. The Morgan fingerprint density at radius 3 is 2.36 bits per heavy atom. The lowest BCUT2D eigenvalue weighted by Gasteiger charge is -2.20. The number of rotatable bonds is 16. The molecule has 1 aliphatic rings. The topological polar surface area (TPSA) is 155 Å². The van der Waals surface area contributed by atoms with E-state index in [4.69, 9.17) is 27.0 Å². The van der Waals surface area contributed by atoms with Crippen LogP contribution in [0.1, 0.15) is 56.1 Å². The number of ether oxygens (including phenoxy) is 1. The molecule has 1 aromatic carbocycles. The Morgan fingerprint density at radius 2 is 1.69 bits per heavy atom. The van der Waals surface area contributed by atoms with Crippen molar-refractivity contribution >= 4 is 11.8 Å². The van der Waals surface area contributed by atoms with Crippen LogP contribution in [0.2, 0.25) is 0 Å². The number of guanidine groups is 1. The zero-order valence-corrected chi connectivity index (χ0v) is 21.3. The molecule has 0 bridgehead atoms. The molecule has 10 heteroatoms. The zero-order chi connectivity index (χ0) is 25.6. The SMILES string of the molecule is N=C(N)NCCCCCCCCn1ccn(CCCOCc2ccc(C3=NCC(N)CN3)cc2)c1=N. The van der Waals surface area contributed by atoms with Crippen LogP contribution < -0.4 is 27.7 Å². The predicted molar refractivity (Wildman–Crippen MR) is 144 cm³/mol. The molecule has 3 rings (SSSR count). The molecular weight excluding hydrogens is 454 g/mol. The first-order chi connectivity index (χ1) is 17.5. The van der Waals surface area contributed by atoms with Crippen LogP contribution in [0.4, 0.5) is 0 Å². The van der Waals surface area contributed by atoms with Gasteiger partial charge in [0.05, 0.1) is 13.2 Å². The van der Waals surface area contributed by atoms with Gasteiger partial charge < -0.3 is 36.0 Å². The zero-order valence-electron chi connectivity index (χ0n) is 21.3. The number of hydrogen-bond acceptors (Lipinski definition) is 6. The van der Waals surface area contributed by atoms with Crippen molar-refractivity contribution in [1.29, 1.82) is 10.8 Å². The predicted octanol–water partition coefficient (Wildman–Crippen LogP) is 1.88. The van der Waals surface area contributed by atoms with Gasteiger partial charge in [-0.1, -0.05) is 49.9 Å². The van der Waals surface area contributed by atoms with Crippen molar-refractivity contribution in [3.63, 3.8) is 0 Å². The second-order valence-electron chi connectivity index (χ2n) is 9.40. The highest BCUT2D eigenvalue weighted by molar-refractivity contribution is 5.99. The van der Waals surface area contributed by atoms with Crippen LogP contribution in [0, 0.1) is 10.8 Å². The highest BCUT2D eigenvalue weighted by Gasteiger charge is 2.12. The van der Waals surface area contributed by atoms with Crippen LogP contribution in [-0.2, 0) is 24.4 Å². The molecule has 0 radical (unpaired) electrons. The molecule has 1 atom stereocenters. The molecule has 2 aromatic rings. The normalized spacial score (nSPS) is 15.4. The summed E-state index contributed by atoms with van der Waals surface area (Å²) >= 11 is 0. The van der Waals surface area contributed by atoms with Gasteiger partial charge in [0, 0.05) is 56.8 Å². The number of benzene rings is 1. The third-order valence-electron chi connectivity index (χ3n) is 6.31. The van der Waals surface area contributed by atoms with E-state index in [1.165, 1.54) is 19.3 Å². The van der Waals surface area contributed by atoms with Gasteiger partial charge in [-0.2, -0.15) is 0 Å². The van der Waals surface area contributed by atoms with Crippen molar-refractivity contribution in [3.05, 3.63) is 53.4 Å². The maximum absolute atomic E-state index is 8.41. The molecule has 1 aromatic heterocycles. The summed E-state index contributed by atoms with van der Waals surface area (Å²) < 4.78 is 9.88. The second kappa shape index (κ2) is 15.1. The summed E-state index contributed by atoms with van der Waals surface area (Å²) in [5.41, 5.74) is 13.9. The molecule has 0 saturated carbocycles. The Morgan fingerprint density at radius 1 is 1.03 bits per heavy atom. The van der Waals surface area contributed by atoms with Crippen LogP contribution in [0.3, 0.4) is 0 Å². The molecule has 2 heterocycles. The van der Waals surface area contributed by atoms with Gasteiger partial charge in [0.1, 0.15) is 5.84 Å². The number of aromatic nitrogens is 2. The fraction of sp³-hybridized carbons (Fsp3) is 0.577. The van der Waals surface area contributed by atoms with Crippen LogP contribution in [0.15, 0.2) is 41.7 Å². The van der Waals surface area contributed by atoms with Gasteiger partial charge in [-0.3, -0.25) is 15.8 Å². The molecule has 1 aliphatic heterocycles. The average molecular weight is 498 g/mol. The number of imidazole rings is 1. The first-order valence-electron chi connectivity index (χ1n) is 13.1. The van der Waals surface area contributed by atoms with E-state index < -0.39 is 0 Å². The number of nitrogens with two attached hydrogens (primary N) is 2. The maximum Gasteiger partial charge on any atom is 0.202 e. The van der Waals surface area contributed by atoms with Crippen molar-refractivity contribution < 1.29 is 4.74 Å². The third-order valence-corrected chi connectivity index (χ3v) is 6.31. The highest BCUT2D eigenvalue weighted by Crippen LogP contribution is 2.09. The maximum atomic E-state index is 8.41. The Labute approximate surface area is 214 Å². The number of hydrogen-bond donors (Lipinski definition) is 6. The minimum atomic E-state index is 0.0502. The third kappa shape index (κ3) is 9.50. The van der Waals surface area contributed by atoms with E-state index >= 15 is 0 Å². The quantitative estimate of drug-likeness (QED) is 0.119. The fourth-order valence-electron chi connectivity index (χ4n) is 4.20. The summed E-state index contributed by atoms with van der Waals surface area (Å²) in [5, 5.41) is 21.7. The lowest BCUT2D eigenvalue weighted by Crippen LogP contribution is -2.44. The van der Waals surface area contributed by atoms with Gasteiger partial charge in [0.25, 0.3) is 0 Å². The number of aryl methyl sites for hydroxylation is 2. The monoisotopic (exact) mass is 497 g/mol. The van der Waals surface area contributed by atoms with Gasteiger partial charge in [-0.15, -0.1) is 0 Å². The number of amidine groups is 1. The Hall–Kier alpha value is -3.11. The van der Waals surface area contributed by atoms with Gasteiger partial charge in [0.15, 0.2) is 5.96 Å². The van der Waals surface area contributed by atoms with E-state index in [1.807, 2.05) is 21.5 Å². The molecule has 0 fully saturated rings. The van der Waals surface area contributed by atoms with E-state index in [2.05, 4.69) is 39.9 Å². The van der Waals surface area contributed by atoms with Gasteiger partial charge in [-0.25, -0.2) is 0 Å². The Kier molecular flexibility index (Phi) is 11.5. The van der Waals surface area contributed by atoms with Crippen molar-refractivity contribution in [1.82, 2.24) is 19.8 Å². The van der Waals surface area contributed by atoms with Gasteiger partial charge in [0.2, 0.25) is 5.62 Å². The lowest BCUT2D eigenvalue weighted by atomic mass is 10.1. The Bertz CT molecular complexity index is 1010. The van der Waals surface area contributed by atoms with E-state index in [0.29, 0.717) is 25.4 Å². The molecule has 0 amide bonds.